The van der Waals surface area contributed by atoms with Crippen LogP contribution in [0.2, 0.25) is 0 Å². The van der Waals surface area contributed by atoms with Gasteiger partial charge in [-0.15, -0.1) is 0 Å². The van der Waals surface area contributed by atoms with Gasteiger partial charge in [0.25, 0.3) is 0 Å². The molecule has 0 aliphatic rings. The molecule has 0 aromatic heterocycles. The van der Waals surface area contributed by atoms with E-state index in [9.17, 15) is 13.2 Å². The molecule has 1 N–H and O–H groups in total. The normalized spacial score (nSPS) is 13.5. The Morgan fingerprint density at radius 1 is 1.05 bits per heavy atom. The zero-order valence-electron chi connectivity index (χ0n) is 11.6. The third-order valence-corrected chi connectivity index (χ3v) is 3.34. The van der Waals surface area contributed by atoms with Crippen molar-refractivity contribution in [3.05, 3.63) is 35.4 Å². The van der Waals surface area contributed by atoms with Gasteiger partial charge in [-0.3, -0.25) is 0 Å². The van der Waals surface area contributed by atoms with Crippen molar-refractivity contribution in [2.45, 2.75) is 51.2 Å². The third kappa shape index (κ3) is 5.23. The van der Waals surface area contributed by atoms with E-state index in [1.165, 1.54) is 19.3 Å². The standard InChI is InChI=1S/C15H22F3N/c1-3-4-5-6-7-14(19-2)12-8-10-13(11-9-12)15(16,17)18/h8-11,14,19H,3-7H2,1-2H3. The first-order valence-electron chi connectivity index (χ1n) is 6.83. The predicted molar refractivity (Wildman–Crippen MR) is 72.0 cm³/mol. The van der Waals surface area contributed by atoms with E-state index in [1.54, 1.807) is 12.1 Å². The summed E-state index contributed by atoms with van der Waals surface area (Å²) < 4.78 is 37.4. The van der Waals surface area contributed by atoms with Crippen molar-refractivity contribution in [3.63, 3.8) is 0 Å². The SMILES string of the molecule is CCCCCCC(NC)c1ccc(C(F)(F)F)cc1. The van der Waals surface area contributed by atoms with Crippen LogP contribution in [0.15, 0.2) is 24.3 Å². The molecule has 0 aliphatic heterocycles. The van der Waals surface area contributed by atoms with E-state index in [0.717, 1.165) is 30.5 Å². The molecular formula is C15H22F3N. The second-order valence-corrected chi connectivity index (χ2v) is 4.81. The van der Waals surface area contributed by atoms with Crippen molar-refractivity contribution in [2.75, 3.05) is 7.05 Å². The molecule has 1 atom stereocenters. The van der Waals surface area contributed by atoms with Gasteiger partial charge in [-0.1, -0.05) is 44.7 Å². The Morgan fingerprint density at radius 2 is 1.68 bits per heavy atom. The molecule has 108 valence electrons. The van der Waals surface area contributed by atoms with Crippen molar-refractivity contribution < 1.29 is 13.2 Å². The van der Waals surface area contributed by atoms with Gasteiger partial charge in [-0.25, -0.2) is 0 Å². The molecule has 0 spiro atoms. The molecule has 1 unspecified atom stereocenters. The number of hydrogen-bond acceptors (Lipinski definition) is 1. The highest BCUT2D eigenvalue weighted by molar-refractivity contribution is 5.26. The fourth-order valence-electron chi connectivity index (χ4n) is 2.16. The minimum atomic E-state index is -4.26. The maximum atomic E-state index is 12.5. The first-order chi connectivity index (χ1) is 8.99. The van der Waals surface area contributed by atoms with E-state index in [-0.39, 0.29) is 6.04 Å². The fraction of sp³-hybridized carbons (Fsp3) is 0.600. The van der Waals surface area contributed by atoms with Gasteiger partial charge < -0.3 is 5.32 Å². The number of hydrogen-bond donors (Lipinski definition) is 1. The summed E-state index contributed by atoms with van der Waals surface area (Å²) in [5.74, 6) is 0. The van der Waals surface area contributed by atoms with Gasteiger partial charge in [0.15, 0.2) is 0 Å². The maximum absolute atomic E-state index is 12.5. The zero-order valence-corrected chi connectivity index (χ0v) is 11.6. The lowest BCUT2D eigenvalue weighted by Gasteiger charge is -2.17. The molecule has 1 aromatic rings. The third-order valence-electron chi connectivity index (χ3n) is 3.34. The molecule has 0 saturated heterocycles. The van der Waals surface area contributed by atoms with E-state index in [1.807, 2.05) is 7.05 Å². The molecule has 1 aromatic carbocycles. The van der Waals surface area contributed by atoms with E-state index >= 15 is 0 Å². The molecule has 0 bridgehead atoms. The number of nitrogens with one attached hydrogen (secondary N) is 1. The molecule has 0 fully saturated rings. The van der Waals surface area contributed by atoms with Gasteiger partial charge in [-0.2, -0.15) is 13.2 Å². The molecule has 1 rings (SSSR count). The van der Waals surface area contributed by atoms with Crippen LogP contribution in [0.3, 0.4) is 0 Å². The van der Waals surface area contributed by atoms with Gasteiger partial charge in [-0.05, 0) is 31.2 Å². The first kappa shape index (κ1) is 16.0. The Labute approximate surface area is 113 Å². The monoisotopic (exact) mass is 273 g/mol. The smallest absolute Gasteiger partial charge is 0.313 e. The summed E-state index contributed by atoms with van der Waals surface area (Å²) in [4.78, 5) is 0. The van der Waals surface area contributed by atoms with Crippen molar-refractivity contribution in [2.24, 2.45) is 0 Å². The zero-order chi connectivity index (χ0) is 14.3. The summed E-state index contributed by atoms with van der Waals surface area (Å²) >= 11 is 0. The van der Waals surface area contributed by atoms with Crippen LogP contribution >= 0.6 is 0 Å². The lowest BCUT2D eigenvalue weighted by molar-refractivity contribution is -0.137. The van der Waals surface area contributed by atoms with E-state index in [4.69, 9.17) is 0 Å². The average molecular weight is 273 g/mol. The molecule has 1 nitrogen and oxygen atoms in total. The van der Waals surface area contributed by atoms with Crippen LogP contribution in [0.5, 0.6) is 0 Å². The Bertz CT molecular complexity index is 357. The van der Waals surface area contributed by atoms with Gasteiger partial charge >= 0.3 is 6.18 Å². The number of rotatable bonds is 7. The highest BCUT2D eigenvalue weighted by Gasteiger charge is 2.30. The van der Waals surface area contributed by atoms with Crippen LogP contribution in [0.25, 0.3) is 0 Å². The summed E-state index contributed by atoms with van der Waals surface area (Å²) in [6.07, 6.45) is 1.38. The summed E-state index contributed by atoms with van der Waals surface area (Å²) in [5.41, 5.74) is 0.337. The van der Waals surface area contributed by atoms with Crippen LogP contribution in [-0.2, 0) is 6.18 Å². The van der Waals surface area contributed by atoms with Crippen LogP contribution in [0.1, 0.15) is 56.2 Å². The second kappa shape index (κ2) is 7.53. The molecule has 0 amide bonds. The highest BCUT2D eigenvalue weighted by Crippen LogP contribution is 2.30. The van der Waals surface area contributed by atoms with Gasteiger partial charge in [0.05, 0.1) is 5.56 Å². The maximum Gasteiger partial charge on any atom is 0.416 e. The van der Waals surface area contributed by atoms with Gasteiger partial charge in [0.2, 0.25) is 0 Å². The lowest BCUT2D eigenvalue weighted by Crippen LogP contribution is -2.16. The van der Waals surface area contributed by atoms with Crippen LogP contribution in [0.4, 0.5) is 13.2 Å². The predicted octanol–water partition coefficient (Wildman–Crippen LogP) is 4.94. The van der Waals surface area contributed by atoms with E-state index in [2.05, 4.69) is 12.2 Å². The molecule has 0 radical (unpaired) electrons. The number of alkyl halides is 3. The average Bonchev–Trinajstić information content (AvgIpc) is 2.38. The van der Waals surface area contributed by atoms with Crippen molar-refractivity contribution in [1.82, 2.24) is 5.32 Å². The summed E-state index contributed by atoms with van der Waals surface area (Å²) in [6, 6.07) is 5.60. The molecule has 19 heavy (non-hydrogen) atoms. The molecule has 4 heteroatoms. The van der Waals surface area contributed by atoms with Crippen LogP contribution in [-0.4, -0.2) is 7.05 Å². The van der Waals surface area contributed by atoms with E-state index < -0.39 is 11.7 Å². The Morgan fingerprint density at radius 3 is 2.16 bits per heavy atom. The molecule has 0 aliphatic carbocycles. The summed E-state index contributed by atoms with van der Waals surface area (Å²) in [5, 5.41) is 3.17. The van der Waals surface area contributed by atoms with Gasteiger partial charge in [0.1, 0.15) is 0 Å². The Balaban J connectivity index is 2.61. The second-order valence-electron chi connectivity index (χ2n) is 4.81. The highest BCUT2D eigenvalue weighted by atomic mass is 19.4. The minimum Gasteiger partial charge on any atom is -0.313 e. The largest absolute Gasteiger partial charge is 0.416 e. The van der Waals surface area contributed by atoms with Gasteiger partial charge in [0, 0.05) is 6.04 Å². The number of unbranched alkanes of at least 4 members (excludes halogenated alkanes) is 3. The Hall–Kier alpha value is -1.03. The summed E-state index contributed by atoms with van der Waals surface area (Å²) in [7, 11) is 1.85. The molecular weight excluding hydrogens is 251 g/mol. The Kier molecular flexibility index (Phi) is 6.35. The van der Waals surface area contributed by atoms with E-state index in [0.29, 0.717) is 0 Å². The quantitative estimate of drug-likeness (QED) is 0.694. The van der Waals surface area contributed by atoms with Crippen molar-refractivity contribution in [1.29, 1.82) is 0 Å². The van der Waals surface area contributed by atoms with Crippen LogP contribution in [0, 0.1) is 0 Å². The minimum absolute atomic E-state index is 0.138. The van der Waals surface area contributed by atoms with Crippen molar-refractivity contribution >= 4 is 0 Å². The number of benzene rings is 1. The first-order valence-corrected chi connectivity index (χ1v) is 6.83. The van der Waals surface area contributed by atoms with Crippen LogP contribution < -0.4 is 5.32 Å². The topological polar surface area (TPSA) is 12.0 Å². The fourth-order valence-corrected chi connectivity index (χ4v) is 2.16. The summed E-state index contributed by atoms with van der Waals surface area (Å²) in [6.45, 7) is 2.16. The lowest BCUT2D eigenvalue weighted by atomic mass is 9.99. The van der Waals surface area contributed by atoms with Crippen molar-refractivity contribution in [3.8, 4) is 0 Å². The molecule has 0 heterocycles. The molecule has 0 saturated carbocycles. The number of halogens is 3.